The van der Waals surface area contributed by atoms with Gasteiger partial charge in [0.1, 0.15) is 5.82 Å². The zero-order valence-corrected chi connectivity index (χ0v) is 9.71. The van der Waals surface area contributed by atoms with E-state index in [4.69, 9.17) is 0 Å². The standard InChI is InChI=1S/C14H16N2O/c17-10-13-8-4-7-12-9-15-14(16(12)13)11-5-2-1-3-6-11/h1-3,5-6,9,13,17H,4,7-8,10H2. The zero-order valence-electron chi connectivity index (χ0n) is 9.71. The molecule has 0 radical (unpaired) electrons. The minimum absolute atomic E-state index is 0.191. The van der Waals surface area contributed by atoms with Gasteiger partial charge in [-0.25, -0.2) is 4.98 Å². The molecule has 2 aromatic rings. The van der Waals surface area contributed by atoms with Gasteiger partial charge in [0.05, 0.1) is 12.6 Å². The van der Waals surface area contributed by atoms with Crippen LogP contribution < -0.4 is 0 Å². The number of aliphatic hydroxyl groups is 1. The molecule has 88 valence electrons. The van der Waals surface area contributed by atoms with E-state index in [0.717, 1.165) is 30.7 Å². The van der Waals surface area contributed by atoms with Gasteiger partial charge in [-0.3, -0.25) is 0 Å². The van der Waals surface area contributed by atoms with E-state index in [2.05, 4.69) is 21.7 Å². The van der Waals surface area contributed by atoms with Crippen LogP contribution in [-0.4, -0.2) is 21.3 Å². The first kappa shape index (κ1) is 10.5. The summed E-state index contributed by atoms with van der Waals surface area (Å²) in [6.07, 6.45) is 5.20. The van der Waals surface area contributed by atoms with Crippen LogP contribution >= 0.6 is 0 Å². The number of aryl methyl sites for hydroxylation is 1. The van der Waals surface area contributed by atoms with Crippen LogP contribution in [0.25, 0.3) is 11.4 Å². The first-order valence-corrected chi connectivity index (χ1v) is 6.12. The Kier molecular flexibility index (Phi) is 2.69. The number of nitrogens with zero attached hydrogens (tertiary/aromatic N) is 2. The molecule has 0 spiro atoms. The van der Waals surface area contributed by atoms with E-state index in [1.54, 1.807) is 0 Å². The minimum atomic E-state index is 0.191. The number of fused-ring (bicyclic) bond motifs is 1. The summed E-state index contributed by atoms with van der Waals surface area (Å²) >= 11 is 0. The van der Waals surface area contributed by atoms with Crippen LogP contribution in [0.4, 0.5) is 0 Å². The summed E-state index contributed by atoms with van der Waals surface area (Å²) in [5.74, 6) is 0.986. The van der Waals surface area contributed by atoms with Crippen molar-refractivity contribution in [3.63, 3.8) is 0 Å². The number of hydrogen-bond acceptors (Lipinski definition) is 2. The lowest BCUT2D eigenvalue weighted by atomic mass is 10.0. The summed E-state index contributed by atoms with van der Waals surface area (Å²) in [4.78, 5) is 4.52. The molecule has 3 rings (SSSR count). The lowest BCUT2D eigenvalue weighted by Crippen LogP contribution is -2.21. The lowest BCUT2D eigenvalue weighted by Gasteiger charge is -2.25. The number of benzene rings is 1. The largest absolute Gasteiger partial charge is 0.394 e. The predicted molar refractivity (Wildman–Crippen MR) is 66.7 cm³/mol. The third-order valence-corrected chi connectivity index (χ3v) is 3.45. The van der Waals surface area contributed by atoms with Crippen LogP contribution in [0.1, 0.15) is 24.6 Å². The second-order valence-corrected chi connectivity index (χ2v) is 4.54. The zero-order chi connectivity index (χ0) is 11.7. The average molecular weight is 228 g/mol. The van der Waals surface area contributed by atoms with Crippen molar-refractivity contribution in [3.8, 4) is 11.4 Å². The van der Waals surface area contributed by atoms with Gasteiger partial charge in [-0.05, 0) is 19.3 Å². The van der Waals surface area contributed by atoms with E-state index < -0.39 is 0 Å². The van der Waals surface area contributed by atoms with E-state index in [1.165, 1.54) is 5.69 Å². The van der Waals surface area contributed by atoms with Crippen molar-refractivity contribution in [2.45, 2.75) is 25.3 Å². The van der Waals surface area contributed by atoms with Crippen molar-refractivity contribution in [1.82, 2.24) is 9.55 Å². The molecule has 3 heteroatoms. The molecule has 0 aliphatic carbocycles. The second-order valence-electron chi connectivity index (χ2n) is 4.54. The highest BCUT2D eigenvalue weighted by Crippen LogP contribution is 2.30. The second kappa shape index (κ2) is 4.34. The molecule has 1 N–H and O–H groups in total. The molecule has 0 fully saturated rings. The molecular weight excluding hydrogens is 212 g/mol. The van der Waals surface area contributed by atoms with Gasteiger partial charge in [-0.2, -0.15) is 0 Å². The number of aromatic nitrogens is 2. The Hall–Kier alpha value is -1.61. The summed E-state index contributed by atoms with van der Waals surface area (Å²) in [5, 5.41) is 9.48. The van der Waals surface area contributed by atoms with Crippen molar-refractivity contribution in [1.29, 1.82) is 0 Å². The molecule has 17 heavy (non-hydrogen) atoms. The third kappa shape index (κ3) is 1.76. The van der Waals surface area contributed by atoms with E-state index >= 15 is 0 Å². The Labute approximate surface area is 101 Å². The number of rotatable bonds is 2. The fourth-order valence-corrected chi connectivity index (χ4v) is 2.61. The minimum Gasteiger partial charge on any atom is -0.394 e. The van der Waals surface area contributed by atoms with E-state index in [9.17, 15) is 5.11 Å². The fraction of sp³-hybridized carbons (Fsp3) is 0.357. The molecular formula is C14H16N2O. The van der Waals surface area contributed by atoms with Gasteiger partial charge in [0.25, 0.3) is 0 Å². The van der Waals surface area contributed by atoms with Crippen LogP contribution in [0.2, 0.25) is 0 Å². The van der Waals surface area contributed by atoms with Gasteiger partial charge >= 0.3 is 0 Å². The van der Waals surface area contributed by atoms with Crippen LogP contribution in [-0.2, 0) is 6.42 Å². The monoisotopic (exact) mass is 228 g/mol. The normalized spacial score (nSPS) is 19.0. The number of aliphatic hydroxyl groups excluding tert-OH is 1. The number of imidazole rings is 1. The van der Waals surface area contributed by atoms with Crippen molar-refractivity contribution in [2.24, 2.45) is 0 Å². The van der Waals surface area contributed by atoms with Crippen LogP contribution in [0.15, 0.2) is 36.5 Å². The maximum atomic E-state index is 9.48. The van der Waals surface area contributed by atoms with Gasteiger partial charge in [-0.1, -0.05) is 30.3 Å². The van der Waals surface area contributed by atoms with Gasteiger partial charge in [0.15, 0.2) is 0 Å². The van der Waals surface area contributed by atoms with Crippen LogP contribution in [0, 0.1) is 0 Å². The third-order valence-electron chi connectivity index (χ3n) is 3.45. The molecule has 1 aromatic carbocycles. The van der Waals surface area contributed by atoms with Crippen molar-refractivity contribution in [2.75, 3.05) is 6.61 Å². The Balaban J connectivity index is 2.10. The first-order chi connectivity index (χ1) is 8.40. The quantitative estimate of drug-likeness (QED) is 0.857. The molecule has 0 amide bonds. The van der Waals surface area contributed by atoms with Gasteiger partial charge in [0.2, 0.25) is 0 Å². The summed E-state index contributed by atoms with van der Waals surface area (Å²) in [6, 6.07) is 10.4. The molecule has 0 saturated heterocycles. The van der Waals surface area contributed by atoms with Crippen LogP contribution in [0.5, 0.6) is 0 Å². The van der Waals surface area contributed by atoms with Crippen molar-refractivity contribution < 1.29 is 5.11 Å². The molecule has 1 aromatic heterocycles. The maximum absolute atomic E-state index is 9.48. The highest BCUT2D eigenvalue weighted by atomic mass is 16.3. The molecule has 1 aliphatic heterocycles. The number of hydrogen-bond donors (Lipinski definition) is 1. The summed E-state index contributed by atoms with van der Waals surface area (Å²) in [5.41, 5.74) is 2.37. The molecule has 0 bridgehead atoms. The van der Waals surface area contributed by atoms with E-state index in [-0.39, 0.29) is 12.6 Å². The smallest absolute Gasteiger partial charge is 0.140 e. The van der Waals surface area contributed by atoms with Gasteiger partial charge in [-0.15, -0.1) is 0 Å². The summed E-state index contributed by atoms with van der Waals surface area (Å²) < 4.78 is 2.21. The maximum Gasteiger partial charge on any atom is 0.140 e. The first-order valence-electron chi connectivity index (χ1n) is 6.12. The Morgan fingerprint density at radius 2 is 2.12 bits per heavy atom. The average Bonchev–Trinajstić information content (AvgIpc) is 2.83. The van der Waals surface area contributed by atoms with Gasteiger partial charge < -0.3 is 9.67 Å². The summed E-state index contributed by atoms with van der Waals surface area (Å²) in [6.45, 7) is 0.198. The van der Waals surface area contributed by atoms with Crippen molar-refractivity contribution in [3.05, 3.63) is 42.2 Å². The fourth-order valence-electron chi connectivity index (χ4n) is 2.61. The van der Waals surface area contributed by atoms with Gasteiger partial charge in [0, 0.05) is 17.5 Å². The predicted octanol–water partition coefficient (Wildman–Crippen LogP) is 2.42. The van der Waals surface area contributed by atoms with Crippen molar-refractivity contribution >= 4 is 0 Å². The van der Waals surface area contributed by atoms with E-state index in [0.29, 0.717) is 0 Å². The SMILES string of the molecule is OCC1CCCc2cnc(-c3ccccc3)n21. The highest BCUT2D eigenvalue weighted by Gasteiger charge is 2.22. The molecule has 0 saturated carbocycles. The van der Waals surface area contributed by atoms with E-state index in [1.807, 2.05) is 24.4 Å². The molecule has 2 heterocycles. The Morgan fingerprint density at radius 3 is 2.88 bits per heavy atom. The highest BCUT2D eigenvalue weighted by molar-refractivity contribution is 5.56. The molecule has 1 aliphatic rings. The molecule has 3 nitrogen and oxygen atoms in total. The Morgan fingerprint density at radius 1 is 1.29 bits per heavy atom. The summed E-state index contributed by atoms with van der Waals surface area (Å²) in [7, 11) is 0. The molecule has 1 atom stereocenters. The van der Waals surface area contributed by atoms with Crippen LogP contribution in [0.3, 0.4) is 0 Å². The topological polar surface area (TPSA) is 38.1 Å². The molecule has 1 unspecified atom stereocenters. The Bertz CT molecular complexity index is 504. The lowest BCUT2D eigenvalue weighted by molar-refractivity contribution is 0.208.